The van der Waals surface area contributed by atoms with E-state index in [1.54, 1.807) is 0 Å². The zero-order valence-corrected chi connectivity index (χ0v) is 5.52. The maximum Gasteiger partial charge on any atom is 0.0895 e. The van der Waals surface area contributed by atoms with Crippen LogP contribution in [0.5, 0.6) is 0 Å². The van der Waals surface area contributed by atoms with Crippen molar-refractivity contribution in [1.82, 2.24) is 0 Å². The van der Waals surface area contributed by atoms with Crippen molar-refractivity contribution in [2.75, 3.05) is 6.67 Å². The first-order valence-electron chi connectivity index (χ1n) is 3.58. The monoisotopic (exact) mass is 132 g/mol. The topological polar surface area (TPSA) is 20.2 Å². The molecule has 0 bridgehead atoms. The van der Waals surface area contributed by atoms with Gasteiger partial charge in [0.25, 0.3) is 0 Å². The molecule has 0 aliphatic heterocycles. The molecule has 0 aromatic carbocycles. The van der Waals surface area contributed by atoms with Crippen molar-refractivity contribution in [1.29, 1.82) is 0 Å². The molecule has 1 unspecified atom stereocenters. The molecule has 1 N–H and O–H groups in total. The SMILES string of the molecule is OC(CCCF)C1CC1. The lowest BCUT2D eigenvalue weighted by molar-refractivity contribution is 0.136. The van der Waals surface area contributed by atoms with Gasteiger partial charge in [0.2, 0.25) is 0 Å². The van der Waals surface area contributed by atoms with Gasteiger partial charge in [0.05, 0.1) is 12.8 Å². The Balaban J connectivity index is 1.96. The van der Waals surface area contributed by atoms with E-state index in [1.165, 1.54) is 0 Å². The second-order valence-electron chi connectivity index (χ2n) is 2.74. The minimum atomic E-state index is -0.288. The Morgan fingerprint density at radius 2 is 2.22 bits per heavy atom. The van der Waals surface area contributed by atoms with Crippen LogP contribution in [0, 0.1) is 5.92 Å². The summed E-state index contributed by atoms with van der Waals surface area (Å²) in [5.74, 6) is 0.511. The average molecular weight is 132 g/mol. The predicted octanol–water partition coefficient (Wildman–Crippen LogP) is 1.51. The second-order valence-corrected chi connectivity index (χ2v) is 2.74. The Kier molecular flexibility index (Phi) is 2.46. The number of aliphatic hydroxyl groups is 1. The van der Waals surface area contributed by atoms with Crippen molar-refractivity contribution in [2.45, 2.75) is 31.8 Å². The van der Waals surface area contributed by atoms with Crippen LogP contribution in [0.2, 0.25) is 0 Å². The van der Waals surface area contributed by atoms with Gasteiger partial charge in [-0.1, -0.05) is 0 Å². The molecule has 0 radical (unpaired) electrons. The third kappa shape index (κ3) is 2.31. The standard InChI is InChI=1S/C7H13FO/c8-5-1-2-7(9)6-3-4-6/h6-7,9H,1-5H2. The summed E-state index contributed by atoms with van der Waals surface area (Å²) in [6, 6.07) is 0. The number of alkyl halides is 1. The van der Waals surface area contributed by atoms with Crippen LogP contribution in [-0.2, 0) is 0 Å². The fourth-order valence-electron chi connectivity index (χ4n) is 1.00. The number of halogens is 1. The van der Waals surface area contributed by atoms with Gasteiger partial charge in [-0.3, -0.25) is 4.39 Å². The molecule has 1 nitrogen and oxygen atoms in total. The molecule has 0 amide bonds. The maximum atomic E-state index is 11.5. The van der Waals surface area contributed by atoms with Gasteiger partial charge in [-0.25, -0.2) is 0 Å². The van der Waals surface area contributed by atoms with E-state index >= 15 is 0 Å². The predicted molar refractivity (Wildman–Crippen MR) is 33.9 cm³/mol. The van der Waals surface area contributed by atoms with Crippen LogP contribution >= 0.6 is 0 Å². The average Bonchev–Trinajstić information content (AvgIpc) is 2.63. The smallest absolute Gasteiger partial charge is 0.0895 e. The highest BCUT2D eigenvalue weighted by Crippen LogP contribution is 2.34. The van der Waals surface area contributed by atoms with E-state index in [-0.39, 0.29) is 12.8 Å². The minimum Gasteiger partial charge on any atom is -0.393 e. The third-order valence-corrected chi connectivity index (χ3v) is 1.80. The second kappa shape index (κ2) is 3.16. The number of hydrogen-bond acceptors (Lipinski definition) is 1. The summed E-state index contributed by atoms with van der Waals surface area (Å²) in [6.07, 6.45) is 3.26. The number of aliphatic hydroxyl groups excluding tert-OH is 1. The molecule has 2 heteroatoms. The molecule has 1 aliphatic rings. The van der Waals surface area contributed by atoms with E-state index < -0.39 is 0 Å². The number of rotatable bonds is 4. The molecule has 1 saturated carbocycles. The Bertz CT molecular complexity index is 81.0. The maximum absolute atomic E-state index is 11.5. The van der Waals surface area contributed by atoms with Crippen LogP contribution in [0.4, 0.5) is 4.39 Å². The van der Waals surface area contributed by atoms with Gasteiger partial charge in [-0.2, -0.15) is 0 Å². The lowest BCUT2D eigenvalue weighted by atomic mass is 10.1. The highest BCUT2D eigenvalue weighted by atomic mass is 19.1. The molecular formula is C7H13FO. The summed E-state index contributed by atoms with van der Waals surface area (Å²) >= 11 is 0. The Hall–Kier alpha value is -0.110. The molecule has 0 spiro atoms. The molecule has 54 valence electrons. The van der Waals surface area contributed by atoms with Crippen molar-refractivity contribution in [3.05, 3.63) is 0 Å². The molecule has 0 aromatic rings. The summed E-state index contributed by atoms with van der Waals surface area (Å²) in [7, 11) is 0. The molecule has 1 fully saturated rings. The van der Waals surface area contributed by atoms with E-state index in [4.69, 9.17) is 5.11 Å². The van der Waals surface area contributed by atoms with E-state index in [9.17, 15) is 4.39 Å². The molecule has 9 heavy (non-hydrogen) atoms. The minimum absolute atomic E-state index is 0.208. The van der Waals surface area contributed by atoms with Gasteiger partial charge in [0, 0.05) is 0 Å². The van der Waals surface area contributed by atoms with E-state index in [2.05, 4.69) is 0 Å². The summed E-state index contributed by atoms with van der Waals surface area (Å²) < 4.78 is 11.5. The van der Waals surface area contributed by atoms with Crippen LogP contribution in [0.15, 0.2) is 0 Å². The van der Waals surface area contributed by atoms with Crippen LogP contribution < -0.4 is 0 Å². The molecule has 1 rings (SSSR count). The van der Waals surface area contributed by atoms with Crippen molar-refractivity contribution < 1.29 is 9.50 Å². The quantitative estimate of drug-likeness (QED) is 0.614. The molecule has 1 atom stereocenters. The van der Waals surface area contributed by atoms with Crippen molar-refractivity contribution in [3.8, 4) is 0 Å². The summed E-state index contributed by atoms with van der Waals surface area (Å²) in [6.45, 7) is -0.288. The van der Waals surface area contributed by atoms with Crippen molar-refractivity contribution in [3.63, 3.8) is 0 Å². The highest BCUT2D eigenvalue weighted by molar-refractivity contribution is 4.80. The molecular weight excluding hydrogens is 119 g/mol. The van der Waals surface area contributed by atoms with Gasteiger partial charge in [-0.15, -0.1) is 0 Å². The molecule has 1 aliphatic carbocycles. The first-order valence-corrected chi connectivity index (χ1v) is 3.58. The Morgan fingerprint density at radius 3 is 2.67 bits per heavy atom. The lowest BCUT2D eigenvalue weighted by Crippen LogP contribution is -2.08. The van der Waals surface area contributed by atoms with Crippen LogP contribution in [0.3, 0.4) is 0 Å². The van der Waals surface area contributed by atoms with Gasteiger partial charge in [-0.05, 0) is 31.6 Å². The third-order valence-electron chi connectivity index (χ3n) is 1.80. The molecule has 0 saturated heterocycles. The number of hydrogen-bond donors (Lipinski definition) is 1. The van der Waals surface area contributed by atoms with Gasteiger partial charge in [0.15, 0.2) is 0 Å². The van der Waals surface area contributed by atoms with Gasteiger partial charge < -0.3 is 5.11 Å². The zero-order chi connectivity index (χ0) is 6.69. The summed E-state index contributed by atoms with van der Waals surface area (Å²) in [5, 5.41) is 9.15. The van der Waals surface area contributed by atoms with E-state index in [1.807, 2.05) is 0 Å². The van der Waals surface area contributed by atoms with Gasteiger partial charge in [0.1, 0.15) is 0 Å². The van der Waals surface area contributed by atoms with Crippen molar-refractivity contribution in [2.24, 2.45) is 5.92 Å². The highest BCUT2D eigenvalue weighted by Gasteiger charge is 2.28. The van der Waals surface area contributed by atoms with Crippen molar-refractivity contribution >= 4 is 0 Å². The zero-order valence-electron chi connectivity index (χ0n) is 5.52. The molecule has 0 aromatic heterocycles. The normalized spacial score (nSPS) is 22.0. The first-order chi connectivity index (χ1) is 4.34. The fourth-order valence-corrected chi connectivity index (χ4v) is 1.00. The van der Waals surface area contributed by atoms with E-state index in [0.29, 0.717) is 18.8 Å². The van der Waals surface area contributed by atoms with Crippen LogP contribution in [0.1, 0.15) is 25.7 Å². The first kappa shape index (κ1) is 7.00. The molecule has 0 heterocycles. The van der Waals surface area contributed by atoms with E-state index in [0.717, 1.165) is 12.8 Å². The Labute approximate surface area is 54.9 Å². The summed E-state index contributed by atoms with van der Waals surface area (Å²) in [4.78, 5) is 0. The Morgan fingerprint density at radius 1 is 1.56 bits per heavy atom. The largest absolute Gasteiger partial charge is 0.393 e. The lowest BCUT2D eigenvalue weighted by Gasteiger charge is -2.05. The summed E-state index contributed by atoms with van der Waals surface area (Å²) in [5.41, 5.74) is 0. The van der Waals surface area contributed by atoms with Crippen LogP contribution in [0.25, 0.3) is 0 Å². The fraction of sp³-hybridized carbons (Fsp3) is 1.00. The van der Waals surface area contributed by atoms with Gasteiger partial charge >= 0.3 is 0 Å². The van der Waals surface area contributed by atoms with Crippen LogP contribution in [-0.4, -0.2) is 17.9 Å².